The molecule has 0 aliphatic carbocycles. The lowest BCUT2D eigenvalue weighted by Crippen LogP contribution is -2.65. The molecule has 1 saturated heterocycles. The largest absolute Gasteiger partial charge is 0.343 e. The molecule has 4 heteroatoms. The Labute approximate surface area is 110 Å². The quantitative estimate of drug-likeness (QED) is 0.789. The van der Waals surface area contributed by atoms with Gasteiger partial charge >= 0.3 is 0 Å². The Morgan fingerprint density at radius 1 is 1.22 bits per heavy atom. The summed E-state index contributed by atoms with van der Waals surface area (Å²) >= 11 is 0. The van der Waals surface area contributed by atoms with Crippen LogP contribution in [0.4, 0.5) is 0 Å². The Morgan fingerprint density at radius 3 is 2.39 bits per heavy atom. The van der Waals surface area contributed by atoms with Crippen LogP contribution in [-0.4, -0.2) is 34.8 Å². The molecular weight excluding hydrogens is 228 g/mol. The highest BCUT2D eigenvalue weighted by Gasteiger charge is 2.40. The molecule has 0 saturated carbocycles. The molecule has 0 aromatic carbocycles. The number of carbonyl (C=O) groups excluding carboxylic acids is 2. The van der Waals surface area contributed by atoms with E-state index in [0.29, 0.717) is 6.42 Å². The molecular formula is C14H26N2O2. The van der Waals surface area contributed by atoms with Gasteiger partial charge in [0.2, 0.25) is 11.8 Å². The number of nitrogens with one attached hydrogen (secondary N) is 1. The maximum atomic E-state index is 12.5. The zero-order valence-electron chi connectivity index (χ0n) is 12.0. The van der Waals surface area contributed by atoms with Crippen LogP contribution in [0.5, 0.6) is 0 Å². The van der Waals surface area contributed by atoms with E-state index >= 15 is 0 Å². The van der Waals surface area contributed by atoms with E-state index in [2.05, 4.69) is 12.2 Å². The Bertz CT molecular complexity index is 304. The molecule has 0 radical (unpaired) electrons. The number of hydrogen-bond donors (Lipinski definition) is 1. The van der Waals surface area contributed by atoms with E-state index in [1.807, 2.05) is 25.7 Å². The summed E-state index contributed by atoms with van der Waals surface area (Å²) in [4.78, 5) is 26.4. The fourth-order valence-corrected chi connectivity index (χ4v) is 2.74. The SMILES string of the molecule is CCCC1NC(=O)C(CC)N(C(C)CCC)C1=O. The predicted octanol–water partition coefficient (Wildman–Crippen LogP) is 2.08. The summed E-state index contributed by atoms with van der Waals surface area (Å²) in [6.07, 6.45) is 4.31. The Morgan fingerprint density at radius 2 is 1.89 bits per heavy atom. The van der Waals surface area contributed by atoms with Crippen molar-refractivity contribution in [2.75, 3.05) is 0 Å². The van der Waals surface area contributed by atoms with Crippen molar-refractivity contribution in [2.24, 2.45) is 0 Å². The molecule has 4 nitrogen and oxygen atoms in total. The van der Waals surface area contributed by atoms with Crippen molar-refractivity contribution < 1.29 is 9.59 Å². The van der Waals surface area contributed by atoms with E-state index < -0.39 is 0 Å². The van der Waals surface area contributed by atoms with Gasteiger partial charge in [-0.3, -0.25) is 9.59 Å². The third kappa shape index (κ3) is 3.03. The van der Waals surface area contributed by atoms with Crippen molar-refractivity contribution in [3.63, 3.8) is 0 Å². The van der Waals surface area contributed by atoms with E-state index in [1.54, 1.807) is 0 Å². The molecule has 1 aliphatic rings. The van der Waals surface area contributed by atoms with Crippen molar-refractivity contribution >= 4 is 11.8 Å². The van der Waals surface area contributed by atoms with Gasteiger partial charge < -0.3 is 10.2 Å². The summed E-state index contributed by atoms with van der Waals surface area (Å²) in [5.74, 6) is 0.114. The number of amides is 2. The maximum Gasteiger partial charge on any atom is 0.246 e. The van der Waals surface area contributed by atoms with Crippen LogP contribution in [0.2, 0.25) is 0 Å². The third-order valence-electron chi connectivity index (χ3n) is 3.65. The lowest BCUT2D eigenvalue weighted by molar-refractivity contribution is -0.152. The fourth-order valence-electron chi connectivity index (χ4n) is 2.74. The van der Waals surface area contributed by atoms with Crippen LogP contribution < -0.4 is 5.32 Å². The van der Waals surface area contributed by atoms with Crippen molar-refractivity contribution in [1.82, 2.24) is 10.2 Å². The summed E-state index contributed by atoms with van der Waals surface area (Å²) < 4.78 is 0. The number of carbonyl (C=O) groups is 2. The second-order valence-electron chi connectivity index (χ2n) is 5.16. The van der Waals surface area contributed by atoms with Gasteiger partial charge in [-0.05, 0) is 26.2 Å². The smallest absolute Gasteiger partial charge is 0.246 e. The van der Waals surface area contributed by atoms with Crippen LogP contribution in [0.1, 0.15) is 59.8 Å². The van der Waals surface area contributed by atoms with Gasteiger partial charge in [0.25, 0.3) is 0 Å². The summed E-state index contributed by atoms with van der Waals surface area (Å²) in [6.45, 7) is 8.15. The van der Waals surface area contributed by atoms with E-state index in [0.717, 1.165) is 25.7 Å². The summed E-state index contributed by atoms with van der Waals surface area (Å²) in [6, 6.07) is -0.449. The molecule has 3 atom stereocenters. The first-order valence-electron chi connectivity index (χ1n) is 7.19. The molecule has 104 valence electrons. The first-order chi connectivity index (χ1) is 8.56. The van der Waals surface area contributed by atoms with Crippen molar-refractivity contribution in [1.29, 1.82) is 0 Å². The number of rotatable bonds is 6. The lowest BCUT2D eigenvalue weighted by Gasteiger charge is -2.42. The molecule has 1 rings (SSSR count). The molecule has 2 amide bonds. The van der Waals surface area contributed by atoms with Gasteiger partial charge in [0.05, 0.1) is 0 Å². The van der Waals surface area contributed by atoms with E-state index in [1.165, 1.54) is 0 Å². The van der Waals surface area contributed by atoms with Gasteiger partial charge in [0.1, 0.15) is 12.1 Å². The molecule has 0 aromatic rings. The monoisotopic (exact) mass is 254 g/mol. The van der Waals surface area contributed by atoms with Crippen LogP contribution in [0, 0.1) is 0 Å². The fraction of sp³-hybridized carbons (Fsp3) is 0.857. The number of piperazine rings is 1. The van der Waals surface area contributed by atoms with E-state index in [9.17, 15) is 9.59 Å². The highest BCUT2D eigenvalue weighted by molar-refractivity contribution is 5.97. The number of nitrogens with zero attached hydrogens (tertiary/aromatic N) is 1. The molecule has 0 bridgehead atoms. The van der Waals surface area contributed by atoms with Crippen LogP contribution in [-0.2, 0) is 9.59 Å². The zero-order valence-corrected chi connectivity index (χ0v) is 12.0. The van der Waals surface area contributed by atoms with Crippen molar-refractivity contribution in [3.8, 4) is 0 Å². The first-order valence-corrected chi connectivity index (χ1v) is 7.19. The van der Waals surface area contributed by atoms with Crippen LogP contribution in [0.25, 0.3) is 0 Å². The highest BCUT2D eigenvalue weighted by atomic mass is 16.2. The molecule has 3 unspecified atom stereocenters. The van der Waals surface area contributed by atoms with Gasteiger partial charge in [0, 0.05) is 6.04 Å². The van der Waals surface area contributed by atoms with Crippen LogP contribution in [0.3, 0.4) is 0 Å². The topological polar surface area (TPSA) is 49.4 Å². The molecule has 0 aromatic heterocycles. The van der Waals surface area contributed by atoms with Crippen molar-refractivity contribution in [2.45, 2.75) is 77.9 Å². The van der Waals surface area contributed by atoms with Gasteiger partial charge in [0.15, 0.2) is 0 Å². The van der Waals surface area contributed by atoms with Gasteiger partial charge in [-0.1, -0.05) is 33.6 Å². The average Bonchev–Trinajstić information content (AvgIpc) is 2.33. The Hall–Kier alpha value is -1.06. The molecule has 1 heterocycles. The second kappa shape index (κ2) is 6.76. The summed E-state index contributed by atoms with van der Waals surface area (Å²) in [5.41, 5.74) is 0. The van der Waals surface area contributed by atoms with Gasteiger partial charge in [-0.25, -0.2) is 0 Å². The van der Waals surface area contributed by atoms with Crippen LogP contribution in [0.15, 0.2) is 0 Å². The van der Waals surface area contributed by atoms with E-state index in [4.69, 9.17) is 0 Å². The Balaban J connectivity index is 2.90. The average molecular weight is 254 g/mol. The minimum atomic E-state index is -0.315. The van der Waals surface area contributed by atoms with Crippen LogP contribution >= 0.6 is 0 Å². The molecule has 1 N–H and O–H groups in total. The highest BCUT2D eigenvalue weighted by Crippen LogP contribution is 2.20. The minimum absolute atomic E-state index is 0.0125. The summed E-state index contributed by atoms with van der Waals surface area (Å²) in [7, 11) is 0. The molecule has 0 spiro atoms. The van der Waals surface area contributed by atoms with Crippen molar-refractivity contribution in [3.05, 3.63) is 0 Å². The Kier molecular flexibility index (Phi) is 5.63. The first kappa shape index (κ1) is 15.0. The minimum Gasteiger partial charge on any atom is -0.343 e. The molecule has 1 fully saturated rings. The molecule has 1 aliphatic heterocycles. The summed E-state index contributed by atoms with van der Waals surface area (Å²) in [5, 5.41) is 2.86. The predicted molar refractivity (Wildman–Crippen MR) is 72.1 cm³/mol. The molecule has 18 heavy (non-hydrogen) atoms. The lowest BCUT2D eigenvalue weighted by atomic mass is 9.98. The second-order valence-corrected chi connectivity index (χ2v) is 5.16. The number of hydrogen-bond acceptors (Lipinski definition) is 2. The maximum absolute atomic E-state index is 12.5. The van der Waals surface area contributed by atoms with Gasteiger partial charge in [-0.15, -0.1) is 0 Å². The van der Waals surface area contributed by atoms with Gasteiger partial charge in [-0.2, -0.15) is 0 Å². The normalized spacial score (nSPS) is 26.1. The zero-order chi connectivity index (χ0) is 13.7. The third-order valence-corrected chi connectivity index (χ3v) is 3.65. The standard InChI is InChI=1S/C14H26N2O2/c1-5-8-10(4)16-12(7-3)13(17)15-11(9-6-2)14(16)18/h10-12H,5-9H2,1-4H3,(H,15,17). The van der Waals surface area contributed by atoms with E-state index in [-0.39, 0.29) is 29.9 Å².